The van der Waals surface area contributed by atoms with Crippen LogP contribution in [0.1, 0.15) is 33.7 Å². The van der Waals surface area contributed by atoms with Crippen LogP contribution in [0.3, 0.4) is 0 Å². The van der Waals surface area contributed by atoms with E-state index in [0.717, 1.165) is 43.6 Å². The summed E-state index contributed by atoms with van der Waals surface area (Å²) in [5.41, 5.74) is 5.09. The first-order valence-electron chi connectivity index (χ1n) is 8.97. The highest BCUT2D eigenvalue weighted by atomic mass is 16.5. The first kappa shape index (κ1) is 16.3. The molecule has 1 aromatic carbocycles. The summed E-state index contributed by atoms with van der Waals surface area (Å²) in [4.78, 5) is 15.2. The highest BCUT2D eigenvalue weighted by Crippen LogP contribution is 2.29. The van der Waals surface area contributed by atoms with Gasteiger partial charge in [0.05, 0.1) is 13.2 Å². The van der Waals surface area contributed by atoms with Crippen molar-refractivity contribution < 1.29 is 9.53 Å². The van der Waals surface area contributed by atoms with Crippen molar-refractivity contribution in [1.82, 2.24) is 15.1 Å². The van der Waals surface area contributed by atoms with Crippen molar-refractivity contribution in [2.45, 2.75) is 32.4 Å². The number of para-hydroxylation sites is 1. The molecule has 2 aromatic rings. The highest BCUT2D eigenvalue weighted by molar-refractivity contribution is 6.06. The summed E-state index contributed by atoms with van der Waals surface area (Å²) < 4.78 is 7.16. The molecular weight excluding hydrogens is 316 g/mol. The van der Waals surface area contributed by atoms with Gasteiger partial charge in [-0.2, -0.15) is 5.10 Å². The summed E-state index contributed by atoms with van der Waals surface area (Å²) in [5, 5.41) is 8.06. The zero-order chi connectivity index (χ0) is 17.2. The Bertz CT molecular complexity index is 784. The number of nitrogens with one attached hydrogen (secondary N) is 1. The number of ether oxygens (including phenoxy) is 1. The molecule has 0 saturated carbocycles. The van der Waals surface area contributed by atoms with Gasteiger partial charge in [0.1, 0.15) is 0 Å². The van der Waals surface area contributed by atoms with Crippen molar-refractivity contribution in [3.05, 3.63) is 46.8 Å². The number of hydrogen-bond donors (Lipinski definition) is 1. The van der Waals surface area contributed by atoms with Gasteiger partial charge < -0.3 is 15.0 Å². The second-order valence-electron chi connectivity index (χ2n) is 6.61. The molecular formula is C19H24N4O2. The Labute approximate surface area is 147 Å². The summed E-state index contributed by atoms with van der Waals surface area (Å²) in [5.74, 6) is 0.0169. The van der Waals surface area contributed by atoms with E-state index in [1.807, 2.05) is 27.8 Å². The van der Waals surface area contributed by atoms with Crippen molar-refractivity contribution in [1.29, 1.82) is 0 Å². The molecule has 0 bridgehead atoms. The number of rotatable bonds is 4. The average molecular weight is 340 g/mol. The van der Waals surface area contributed by atoms with Gasteiger partial charge in [0, 0.05) is 50.1 Å². The van der Waals surface area contributed by atoms with Gasteiger partial charge in [-0.05, 0) is 24.5 Å². The first-order valence-corrected chi connectivity index (χ1v) is 8.97. The molecule has 6 nitrogen and oxygen atoms in total. The number of benzene rings is 1. The van der Waals surface area contributed by atoms with E-state index in [4.69, 9.17) is 4.74 Å². The van der Waals surface area contributed by atoms with E-state index in [2.05, 4.69) is 16.5 Å². The molecule has 0 unspecified atom stereocenters. The third-order valence-electron chi connectivity index (χ3n) is 5.07. The van der Waals surface area contributed by atoms with Gasteiger partial charge in [0.25, 0.3) is 5.91 Å². The maximum absolute atomic E-state index is 13.3. The fourth-order valence-electron chi connectivity index (χ4n) is 3.83. The Morgan fingerprint density at radius 1 is 1.32 bits per heavy atom. The lowest BCUT2D eigenvalue weighted by Gasteiger charge is -2.29. The van der Waals surface area contributed by atoms with Crippen molar-refractivity contribution in [2.75, 3.05) is 31.7 Å². The van der Waals surface area contributed by atoms with E-state index in [1.54, 1.807) is 7.11 Å². The Morgan fingerprint density at radius 2 is 2.20 bits per heavy atom. The number of carbonyl (C=O) groups is 1. The van der Waals surface area contributed by atoms with Crippen LogP contribution < -0.4 is 10.2 Å². The predicted molar refractivity (Wildman–Crippen MR) is 96.0 cm³/mol. The molecule has 0 saturated heterocycles. The van der Waals surface area contributed by atoms with E-state index >= 15 is 0 Å². The smallest absolute Gasteiger partial charge is 0.279 e. The van der Waals surface area contributed by atoms with Gasteiger partial charge >= 0.3 is 0 Å². The maximum Gasteiger partial charge on any atom is 0.279 e. The summed E-state index contributed by atoms with van der Waals surface area (Å²) in [7, 11) is 1.69. The fraction of sp³-hybridized carbons (Fsp3) is 0.474. The van der Waals surface area contributed by atoms with Crippen molar-refractivity contribution in [3.63, 3.8) is 0 Å². The second kappa shape index (κ2) is 6.98. The second-order valence-corrected chi connectivity index (χ2v) is 6.61. The van der Waals surface area contributed by atoms with Crippen LogP contribution in [0.15, 0.2) is 24.3 Å². The van der Waals surface area contributed by atoms with Crippen LogP contribution in [-0.4, -0.2) is 42.5 Å². The van der Waals surface area contributed by atoms with Crippen LogP contribution in [0.2, 0.25) is 0 Å². The molecule has 1 N–H and O–H groups in total. The maximum atomic E-state index is 13.3. The topological polar surface area (TPSA) is 59.4 Å². The van der Waals surface area contributed by atoms with Crippen LogP contribution in [-0.2, 0) is 30.7 Å². The normalized spacial score (nSPS) is 16.4. The number of hydrogen-bond acceptors (Lipinski definition) is 4. The summed E-state index contributed by atoms with van der Waals surface area (Å²) in [6, 6.07) is 8.19. The minimum atomic E-state index is 0.0169. The minimum Gasteiger partial charge on any atom is -0.383 e. The molecule has 132 valence electrons. The quantitative estimate of drug-likeness (QED) is 0.921. The number of methoxy groups -OCH3 is 1. The summed E-state index contributed by atoms with van der Waals surface area (Å²) >= 11 is 0. The fourth-order valence-corrected chi connectivity index (χ4v) is 3.83. The number of amides is 1. The molecule has 1 amide bonds. The Morgan fingerprint density at radius 3 is 3.08 bits per heavy atom. The number of fused-ring (bicyclic) bond motifs is 2. The molecule has 0 atom stereocenters. The SMILES string of the molecule is COCCn1nc(C(=O)N2CCCc3ccccc32)c2c1CCNC2. The molecule has 4 rings (SSSR count). The predicted octanol–water partition coefficient (Wildman–Crippen LogP) is 1.77. The van der Waals surface area contributed by atoms with Gasteiger partial charge in [-0.3, -0.25) is 9.48 Å². The molecule has 2 aliphatic rings. The van der Waals surface area contributed by atoms with E-state index < -0.39 is 0 Å². The Balaban J connectivity index is 1.70. The number of anilines is 1. The van der Waals surface area contributed by atoms with E-state index in [1.165, 1.54) is 11.3 Å². The van der Waals surface area contributed by atoms with Crippen molar-refractivity contribution in [3.8, 4) is 0 Å². The van der Waals surface area contributed by atoms with Crippen LogP contribution in [0.4, 0.5) is 5.69 Å². The number of aryl methyl sites for hydroxylation is 1. The molecule has 0 aliphatic carbocycles. The van der Waals surface area contributed by atoms with Crippen LogP contribution in [0.25, 0.3) is 0 Å². The zero-order valence-corrected chi connectivity index (χ0v) is 14.6. The molecule has 3 heterocycles. The molecule has 0 fully saturated rings. The number of nitrogens with zero attached hydrogens (tertiary/aromatic N) is 3. The van der Waals surface area contributed by atoms with Crippen molar-refractivity contribution in [2.24, 2.45) is 0 Å². The standard InChI is InChI=1S/C19H24N4O2/c1-25-12-11-23-17-8-9-20-13-15(17)18(21-23)19(24)22-10-4-6-14-5-2-3-7-16(14)22/h2-3,5,7,20H,4,6,8-13H2,1H3. The van der Waals surface area contributed by atoms with Gasteiger partial charge in [0.15, 0.2) is 5.69 Å². The molecule has 2 aliphatic heterocycles. The number of aromatic nitrogens is 2. The molecule has 6 heteroatoms. The lowest BCUT2D eigenvalue weighted by molar-refractivity contribution is 0.0978. The summed E-state index contributed by atoms with van der Waals surface area (Å²) in [6.45, 7) is 3.66. The van der Waals surface area contributed by atoms with E-state index in [-0.39, 0.29) is 5.91 Å². The summed E-state index contributed by atoms with van der Waals surface area (Å²) in [6.07, 6.45) is 2.92. The van der Waals surface area contributed by atoms with E-state index in [9.17, 15) is 4.79 Å². The Hall–Kier alpha value is -2.18. The third kappa shape index (κ3) is 2.96. The minimum absolute atomic E-state index is 0.0169. The van der Waals surface area contributed by atoms with Crippen LogP contribution in [0, 0.1) is 0 Å². The first-order chi connectivity index (χ1) is 12.3. The van der Waals surface area contributed by atoms with E-state index in [0.29, 0.717) is 25.4 Å². The van der Waals surface area contributed by atoms with Gasteiger partial charge in [-0.15, -0.1) is 0 Å². The lowest BCUT2D eigenvalue weighted by atomic mass is 10.0. The van der Waals surface area contributed by atoms with Crippen LogP contribution in [0.5, 0.6) is 0 Å². The van der Waals surface area contributed by atoms with Gasteiger partial charge in [0.2, 0.25) is 0 Å². The van der Waals surface area contributed by atoms with Gasteiger partial charge in [-0.25, -0.2) is 0 Å². The lowest BCUT2D eigenvalue weighted by Crippen LogP contribution is -2.36. The third-order valence-corrected chi connectivity index (χ3v) is 5.07. The van der Waals surface area contributed by atoms with Crippen LogP contribution >= 0.6 is 0 Å². The van der Waals surface area contributed by atoms with Crippen molar-refractivity contribution >= 4 is 11.6 Å². The monoisotopic (exact) mass is 340 g/mol. The number of carbonyl (C=O) groups excluding carboxylic acids is 1. The average Bonchev–Trinajstić information content (AvgIpc) is 3.04. The largest absolute Gasteiger partial charge is 0.383 e. The van der Waals surface area contributed by atoms with Gasteiger partial charge in [-0.1, -0.05) is 18.2 Å². The molecule has 25 heavy (non-hydrogen) atoms. The highest BCUT2D eigenvalue weighted by Gasteiger charge is 2.30. The molecule has 1 aromatic heterocycles. The molecule has 0 spiro atoms. The zero-order valence-electron chi connectivity index (χ0n) is 14.6. The molecule has 0 radical (unpaired) electrons. The Kier molecular flexibility index (Phi) is 4.55.